The van der Waals surface area contributed by atoms with Crippen molar-refractivity contribution >= 4 is 11.8 Å². The number of aromatic nitrogens is 2. The van der Waals surface area contributed by atoms with Gasteiger partial charge in [0.15, 0.2) is 0 Å². The Morgan fingerprint density at radius 1 is 1.60 bits per heavy atom. The van der Waals surface area contributed by atoms with Gasteiger partial charge in [0.2, 0.25) is 0 Å². The van der Waals surface area contributed by atoms with Gasteiger partial charge >= 0.3 is 12.0 Å². The second-order valence-corrected chi connectivity index (χ2v) is 3.09. The first-order valence-corrected chi connectivity index (χ1v) is 4.42. The maximum absolute atomic E-state index is 10.6. The minimum absolute atomic E-state index is 0.218. The molecular formula is C9H13N3O3. The van der Waals surface area contributed by atoms with Crippen molar-refractivity contribution in [1.29, 1.82) is 0 Å². The van der Waals surface area contributed by atoms with E-state index in [0.29, 0.717) is 11.5 Å². The smallest absolute Gasteiger partial charge is 0.325 e. The summed E-state index contributed by atoms with van der Waals surface area (Å²) >= 11 is 0. The first kappa shape index (κ1) is 11.2. The van der Waals surface area contributed by atoms with Crippen LogP contribution >= 0.6 is 0 Å². The molecule has 0 saturated carbocycles. The van der Waals surface area contributed by atoms with Gasteiger partial charge in [0.05, 0.1) is 7.11 Å². The van der Waals surface area contributed by atoms with Crippen molar-refractivity contribution < 1.29 is 14.6 Å². The fourth-order valence-electron chi connectivity index (χ4n) is 0.990. The lowest BCUT2D eigenvalue weighted by Gasteiger charge is -2.10. The Morgan fingerprint density at radius 2 is 2.27 bits per heavy atom. The predicted molar refractivity (Wildman–Crippen MR) is 54.0 cm³/mol. The zero-order chi connectivity index (χ0) is 11.4. The molecule has 0 aliphatic rings. The van der Waals surface area contributed by atoms with Crippen LogP contribution in [0, 0.1) is 6.92 Å². The van der Waals surface area contributed by atoms with Gasteiger partial charge in [-0.25, -0.2) is 4.98 Å². The van der Waals surface area contributed by atoms with Gasteiger partial charge in [0, 0.05) is 11.8 Å². The third kappa shape index (κ3) is 3.08. The maximum atomic E-state index is 10.6. The van der Waals surface area contributed by atoms with E-state index in [0.717, 1.165) is 0 Å². The Bertz CT molecular complexity index is 368. The SMILES string of the molecule is COc1nc(C)cc(NC(C)C(=O)O)n1. The van der Waals surface area contributed by atoms with Crippen molar-refractivity contribution in [2.24, 2.45) is 0 Å². The van der Waals surface area contributed by atoms with Gasteiger partial charge in [-0.2, -0.15) is 4.98 Å². The van der Waals surface area contributed by atoms with E-state index in [1.54, 1.807) is 13.0 Å². The highest BCUT2D eigenvalue weighted by atomic mass is 16.5. The van der Waals surface area contributed by atoms with Gasteiger partial charge in [-0.15, -0.1) is 0 Å². The number of rotatable bonds is 4. The van der Waals surface area contributed by atoms with Crippen molar-refractivity contribution in [3.8, 4) is 6.01 Å². The van der Waals surface area contributed by atoms with Crippen LogP contribution < -0.4 is 10.1 Å². The predicted octanol–water partition coefficient (Wildman–Crippen LogP) is 0.679. The summed E-state index contributed by atoms with van der Waals surface area (Å²) in [5.41, 5.74) is 0.710. The minimum atomic E-state index is -0.940. The fourth-order valence-corrected chi connectivity index (χ4v) is 0.990. The minimum Gasteiger partial charge on any atom is -0.480 e. The molecule has 1 aromatic heterocycles. The first-order chi connectivity index (χ1) is 7.02. The molecule has 1 heterocycles. The largest absolute Gasteiger partial charge is 0.480 e. The van der Waals surface area contributed by atoms with E-state index in [4.69, 9.17) is 9.84 Å². The molecular weight excluding hydrogens is 198 g/mol. The summed E-state index contributed by atoms with van der Waals surface area (Å²) in [6.07, 6.45) is 0. The topological polar surface area (TPSA) is 84.3 Å². The van der Waals surface area contributed by atoms with E-state index in [1.807, 2.05) is 0 Å². The summed E-state index contributed by atoms with van der Waals surface area (Å²) in [5.74, 6) is -0.500. The third-order valence-corrected chi connectivity index (χ3v) is 1.75. The highest BCUT2D eigenvalue weighted by Crippen LogP contribution is 2.11. The lowest BCUT2D eigenvalue weighted by molar-refractivity contribution is -0.137. The van der Waals surface area contributed by atoms with E-state index in [-0.39, 0.29) is 6.01 Å². The number of methoxy groups -OCH3 is 1. The number of hydrogen-bond donors (Lipinski definition) is 2. The van der Waals surface area contributed by atoms with Crippen LogP contribution in [0.1, 0.15) is 12.6 Å². The van der Waals surface area contributed by atoms with Crippen LogP contribution in [0.5, 0.6) is 6.01 Å². The van der Waals surface area contributed by atoms with Crippen LogP contribution in [0.15, 0.2) is 6.07 Å². The molecule has 0 aromatic carbocycles. The monoisotopic (exact) mass is 211 g/mol. The van der Waals surface area contributed by atoms with Gasteiger partial charge in [-0.05, 0) is 13.8 Å². The molecule has 6 nitrogen and oxygen atoms in total. The van der Waals surface area contributed by atoms with E-state index < -0.39 is 12.0 Å². The average molecular weight is 211 g/mol. The highest BCUT2D eigenvalue weighted by Gasteiger charge is 2.11. The Balaban J connectivity index is 2.85. The van der Waals surface area contributed by atoms with E-state index in [1.165, 1.54) is 14.0 Å². The molecule has 1 atom stereocenters. The number of nitrogens with one attached hydrogen (secondary N) is 1. The summed E-state index contributed by atoms with van der Waals surface area (Å²) < 4.78 is 4.87. The summed E-state index contributed by atoms with van der Waals surface area (Å²) in [6.45, 7) is 3.31. The number of ether oxygens (including phenoxy) is 1. The Labute approximate surface area is 87.3 Å². The second kappa shape index (κ2) is 4.59. The summed E-state index contributed by atoms with van der Waals surface area (Å²) in [6, 6.07) is 1.17. The number of anilines is 1. The maximum Gasteiger partial charge on any atom is 0.325 e. The molecule has 82 valence electrons. The second-order valence-electron chi connectivity index (χ2n) is 3.09. The number of carboxylic acids is 1. The summed E-state index contributed by atoms with van der Waals surface area (Å²) in [4.78, 5) is 18.6. The van der Waals surface area contributed by atoms with Crippen molar-refractivity contribution in [2.75, 3.05) is 12.4 Å². The lowest BCUT2D eigenvalue weighted by atomic mass is 10.3. The number of nitrogens with zero attached hydrogens (tertiary/aromatic N) is 2. The Morgan fingerprint density at radius 3 is 2.80 bits per heavy atom. The van der Waals surface area contributed by atoms with Crippen molar-refractivity contribution in [3.63, 3.8) is 0 Å². The number of aryl methyl sites for hydroxylation is 1. The van der Waals surface area contributed by atoms with Crippen LogP contribution in [0.3, 0.4) is 0 Å². The summed E-state index contributed by atoms with van der Waals surface area (Å²) in [5, 5.41) is 11.4. The Hall–Kier alpha value is -1.85. The molecule has 0 amide bonds. The van der Waals surface area contributed by atoms with Crippen LogP contribution in [-0.2, 0) is 4.79 Å². The fraction of sp³-hybridized carbons (Fsp3) is 0.444. The van der Waals surface area contributed by atoms with E-state index >= 15 is 0 Å². The molecule has 15 heavy (non-hydrogen) atoms. The average Bonchev–Trinajstić information content (AvgIpc) is 2.16. The molecule has 2 N–H and O–H groups in total. The number of carbonyl (C=O) groups is 1. The summed E-state index contributed by atoms with van der Waals surface area (Å²) in [7, 11) is 1.46. The molecule has 0 radical (unpaired) electrons. The lowest BCUT2D eigenvalue weighted by Crippen LogP contribution is -2.26. The van der Waals surface area contributed by atoms with Gasteiger partial charge in [-0.3, -0.25) is 4.79 Å². The van der Waals surface area contributed by atoms with Crippen LogP contribution in [0.25, 0.3) is 0 Å². The first-order valence-electron chi connectivity index (χ1n) is 4.42. The molecule has 0 spiro atoms. The quantitative estimate of drug-likeness (QED) is 0.761. The van der Waals surface area contributed by atoms with Crippen LogP contribution in [0.4, 0.5) is 5.82 Å². The van der Waals surface area contributed by atoms with Crippen molar-refractivity contribution in [3.05, 3.63) is 11.8 Å². The highest BCUT2D eigenvalue weighted by molar-refractivity contribution is 5.76. The van der Waals surface area contributed by atoms with Gasteiger partial charge in [-0.1, -0.05) is 0 Å². The molecule has 1 unspecified atom stereocenters. The number of aliphatic carboxylic acids is 1. The van der Waals surface area contributed by atoms with Crippen molar-refractivity contribution in [2.45, 2.75) is 19.9 Å². The molecule has 0 aliphatic heterocycles. The number of carboxylic acid groups (broad SMARTS) is 1. The zero-order valence-electron chi connectivity index (χ0n) is 8.81. The van der Waals surface area contributed by atoms with Gasteiger partial charge in [0.25, 0.3) is 0 Å². The van der Waals surface area contributed by atoms with Gasteiger partial charge < -0.3 is 15.2 Å². The molecule has 1 aromatic rings. The van der Waals surface area contributed by atoms with Crippen LogP contribution in [-0.4, -0.2) is 34.2 Å². The van der Waals surface area contributed by atoms with E-state index in [2.05, 4.69) is 15.3 Å². The molecule has 0 fully saturated rings. The molecule has 1 rings (SSSR count). The Kier molecular flexibility index (Phi) is 3.43. The normalized spacial score (nSPS) is 11.9. The van der Waals surface area contributed by atoms with E-state index in [9.17, 15) is 4.79 Å². The molecule has 0 saturated heterocycles. The van der Waals surface area contributed by atoms with Crippen LogP contribution in [0.2, 0.25) is 0 Å². The van der Waals surface area contributed by atoms with Crippen molar-refractivity contribution in [1.82, 2.24) is 9.97 Å². The zero-order valence-corrected chi connectivity index (χ0v) is 8.81. The number of hydrogen-bond acceptors (Lipinski definition) is 5. The molecule has 0 bridgehead atoms. The van der Waals surface area contributed by atoms with Gasteiger partial charge in [0.1, 0.15) is 11.9 Å². The molecule has 6 heteroatoms. The molecule has 0 aliphatic carbocycles. The third-order valence-electron chi connectivity index (χ3n) is 1.75. The standard InChI is InChI=1S/C9H13N3O3/c1-5-4-7(11-6(2)8(13)14)12-9(10-5)15-3/h4,6H,1-3H3,(H,13,14)(H,10,11,12).